The molecule has 2 aromatic heterocycles. The fourth-order valence-corrected chi connectivity index (χ4v) is 3.89. The topological polar surface area (TPSA) is 92.6 Å². The van der Waals surface area contributed by atoms with Crippen LogP contribution in [-0.2, 0) is 4.79 Å². The lowest BCUT2D eigenvalue weighted by molar-refractivity contribution is -0.122. The van der Waals surface area contributed by atoms with E-state index in [1.807, 2.05) is 60.0 Å². The summed E-state index contributed by atoms with van der Waals surface area (Å²) < 4.78 is 7.14. The maximum Gasteiger partial charge on any atom is 0.220 e. The SMILES string of the molecule is COc1ccc(C2NNC(C)C2CC(=O)N[C@@H](C)c2nnc3ccccn23)cc1. The molecule has 1 saturated heterocycles. The highest BCUT2D eigenvalue weighted by atomic mass is 16.5. The molecule has 0 bridgehead atoms. The van der Waals surface area contributed by atoms with Crippen LogP contribution in [0.3, 0.4) is 0 Å². The maximum absolute atomic E-state index is 12.8. The average Bonchev–Trinajstić information content (AvgIpc) is 3.32. The van der Waals surface area contributed by atoms with Crippen molar-refractivity contribution in [3.63, 3.8) is 0 Å². The first-order valence-electron chi connectivity index (χ1n) is 9.81. The number of ether oxygens (including phenoxy) is 1. The number of aromatic nitrogens is 3. The molecule has 152 valence electrons. The van der Waals surface area contributed by atoms with E-state index < -0.39 is 0 Å². The number of hydrogen-bond donors (Lipinski definition) is 3. The molecule has 4 rings (SSSR count). The van der Waals surface area contributed by atoms with Crippen molar-refractivity contribution in [2.75, 3.05) is 7.11 Å². The third kappa shape index (κ3) is 3.94. The van der Waals surface area contributed by atoms with Crippen LogP contribution >= 0.6 is 0 Å². The van der Waals surface area contributed by atoms with Crippen LogP contribution in [0, 0.1) is 5.92 Å². The third-order valence-electron chi connectivity index (χ3n) is 5.54. The first kappa shape index (κ1) is 19.4. The predicted molar refractivity (Wildman–Crippen MR) is 109 cm³/mol. The van der Waals surface area contributed by atoms with Gasteiger partial charge in [-0.05, 0) is 43.7 Å². The number of nitrogens with zero attached hydrogens (tertiary/aromatic N) is 3. The van der Waals surface area contributed by atoms with Gasteiger partial charge in [0.05, 0.1) is 19.2 Å². The number of amides is 1. The molecule has 1 aliphatic heterocycles. The summed E-state index contributed by atoms with van der Waals surface area (Å²) in [6, 6.07) is 13.6. The van der Waals surface area contributed by atoms with E-state index in [4.69, 9.17) is 4.74 Å². The van der Waals surface area contributed by atoms with E-state index in [0.29, 0.717) is 6.42 Å². The van der Waals surface area contributed by atoms with Gasteiger partial charge in [-0.25, -0.2) is 5.43 Å². The van der Waals surface area contributed by atoms with Crippen LogP contribution in [0.1, 0.15) is 43.7 Å². The highest BCUT2D eigenvalue weighted by Gasteiger charge is 2.35. The van der Waals surface area contributed by atoms with Gasteiger partial charge in [0.1, 0.15) is 5.75 Å². The van der Waals surface area contributed by atoms with Crippen molar-refractivity contribution in [2.24, 2.45) is 5.92 Å². The molecule has 0 saturated carbocycles. The second-order valence-electron chi connectivity index (χ2n) is 7.47. The average molecular weight is 394 g/mol. The van der Waals surface area contributed by atoms with Gasteiger partial charge in [0.2, 0.25) is 5.91 Å². The summed E-state index contributed by atoms with van der Waals surface area (Å²) in [6.07, 6.45) is 2.30. The van der Waals surface area contributed by atoms with Gasteiger partial charge in [-0.1, -0.05) is 18.2 Å². The molecule has 0 radical (unpaired) electrons. The molecule has 8 heteroatoms. The van der Waals surface area contributed by atoms with E-state index in [2.05, 4.69) is 33.3 Å². The van der Waals surface area contributed by atoms with Crippen molar-refractivity contribution in [1.29, 1.82) is 0 Å². The van der Waals surface area contributed by atoms with Crippen LogP contribution < -0.4 is 20.9 Å². The van der Waals surface area contributed by atoms with Crippen LogP contribution in [-0.4, -0.2) is 33.7 Å². The molecule has 3 aromatic rings. The van der Waals surface area contributed by atoms with Crippen molar-refractivity contribution in [3.05, 3.63) is 60.0 Å². The minimum atomic E-state index is -0.239. The molecule has 1 amide bonds. The Bertz CT molecular complexity index is 986. The maximum atomic E-state index is 12.8. The molecule has 8 nitrogen and oxygen atoms in total. The van der Waals surface area contributed by atoms with Gasteiger partial charge < -0.3 is 10.1 Å². The van der Waals surface area contributed by atoms with Gasteiger partial charge in [0.25, 0.3) is 0 Å². The molecule has 0 spiro atoms. The highest BCUT2D eigenvalue weighted by Crippen LogP contribution is 2.32. The third-order valence-corrected chi connectivity index (χ3v) is 5.54. The van der Waals surface area contributed by atoms with Crippen molar-refractivity contribution in [3.8, 4) is 5.75 Å². The van der Waals surface area contributed by atoms with E-state index >= 15 is 0 Å². The summed E-state index contributed by atoms with van der Waals surface area (Å²) in [7, 11) is 1.65. The van der Waals surface area contributed by atoms with Gasteiger partial charge in [0.15, 0.2) is 11.5 Å². The van der Waals surface area contributed by atoms with E-state index in [-0.39, 0.29) is 30.0 Å². The van der Waals surface area contributed by atoms with Crippen LogP contribution in [0.4, 0.5) is 0 Å². The Morgan fingerprint density at radius 1 is 1.21 bits per heavy atom. The van der Waals surface area contributed by atoms with E-state index in [1.54, 1.807) is 7.11 Å². The summed E-state index contributed by atoms with van der Waals surface area (Å²) in [4.78, 5) is 12.8. The molecular formula is C21H26N6O2. The molecule has 3 heterocycles. The first-order chi connectivity index (χ1) is 14.1. The molecule has 1 fully saturated rings. The summed E-state index contributed by atoms with van der Waals surface area (Å²) in [5, 5.41) is 11.5. The molecule has 1 aliphatic rings. The van der Waals surface area contributed by atoms with E-state index in [9.17, 15) is 4.79 Å². The number of benzene rings is 1. The molecule has 1 aromatic carbocycles. The Morgan fingerprint density at radius 2 is 2.00 bits per heavy atom. The number of pyridine rings is 1. The minimum Gasteiger partial charge on any atom is -0.497 e. The number of hydrazine groups is 1. The fraction of sp³-hybridized carbons (Fsp3) is 0.381. The molecular weight excluding hydrogens is 368 g/mol. The Morgan fingerprint density at radius 3 is 2.76 bits per heavy atom. The van der Waals surface area contributed by atoms with Crippen LogP contribution in [0.15, 0.2) is 48.7 Å². The molecule has 4 atom stereocenters. The quantitative estimate of drug-likeness (QED) is 0.593. The number of nitrogens with one attached hydrogen (secondary N) is 3. The van der Waals surface area contributed by atoms with Gasteiger partial charge in [-0.3, -0.25) is 14.6 Å². The summed E-state index contributed by atoms with van der Waals surface area (Å²) in [6.45, 7) is 4.01. The Balaban J connectivity index is 1.44. The smallest absolute Gasteiger partial charge is 0.220 e. The van der Waals surface area contributed by atoms with Gasteiger partial charge in [-0.2, -0.15) is 0 Å². The number of carbonyl (C=O) groups excluding carboxylic acids is 1. The predicted octanol–water partition coefficient (Wildman–Crippen LogP) is 2.16. The molecule has 0 aliphatic carbocycles. The summed E-state index contributed by atoms with van der Waals surface area (Å²) in [5.74, 6) is 1.64. The van der Waals surface area contributed by atoms with Crippen LogP contribution in [0.2, 0.25) is 0 Å². The van der Waals surface area contributed by atoms with Crippen LogP contribution in [0.5, 0.6) is 5.75 Å². The number of rotatable bonds is 6. The Hall–Kier alpha value is -2.97. The number of fused-ring (bicyclic) bond motifs is 1. The lowest BCUT2D eigenvalue weighted by Gasteiger charge is -2.22. The van der Waals surface area contributed by atoms with Gasteiger partial charge in [-0.15, -0.1) is 10.2 Å². The zero-order valence-electron chi connectivity index (χ0n) is 16.8. The normalized spacial score (nSPS) is 22.5. The van der Waals surface area contributed by atoms with Crippen molar-refractivity contribution in [2.45, 2.75) is 38.4 Å². The van der Waals surface area contributed by atoms with E-state index in [1.165, 1.54) is 0 Å². The second kappa shape index (κ2) is 8.18. The minimum absolute atomic E-state index is 0.00829. The largest absolute Gasteiger partial charge is 0.497 e. The zero-order valence-corrected chi connectivity index (χ0v) is 16.8. The Labute approximate surface area is 169 Å². The first-order valence-corrected chi connectivity index (χ1v) is 9.81. The second-order valence-corrected chi connectivity index (χ2v) is 7.47. The van der Waals surface area contributed by atoms with Gasteiger partial charge >= 0.3 is 0 Å². The zero-order chi connectivity index (χ0) is 20.4. The molecule has 29 heavy (non-hydrogen) atoms. The summed E-state index contributed by atoms with van der Waals surface area (Å²) >= 11 is 0. The fourth-order valence-electron chi connectivity index (χ4n) is 3.89. The highest BCUT2D eigenvalue weighted by molar-refractivity contribution is 5.76. The lowest BCUT2D eigenvalue weighted by atomic mass is 9.87. The van der Waals surface area contributed by atoms with Crippen LogP contribution in [0.25, 0.3) is 5.65 Å². The Kier molecular flexibility index (Phi) is 5.46. The molecule has 3 unspecified atom stereocenters. The molecule has 3 N–H and O–H groups in total. The number of methoxy groups -OCH3 is 1. The number of hydrogen-bond acceptors (Lipinski definition) is 6. The van der Waals surface area contributed by atoms with Crippen molar-refractivity contribution >= 4 is 11.6 Å². The monoisotopic (exact) mass is 394 g/mol. The number of carbonyl (C=O) groups is 1. The van der Waals surface area contributed by atoms with Gasteiger partial charge in [0, 0.05) is 24.6 Å². The van der Waals surface area contributed by atoms with Crippen molar-refractivity contribution < 1.29 is 9.53 Å². The lowest BCUT2D eigenvalue weighted by Crippen LogP contribution is -2.33. The van der Waals surface area contributed by atoms with E-state index in [0.717, 1.165) is 22.8 Å². The standard InChI is InChI=1S/C21H26N6O2/c1-13-17(20(25-23-13)15-7-9-16(29-3)10-8-15)12-19(28)22-14(2)21-26-24-18-6-4-5-11-27(18)21/h4-11,13-14,17,20,23,25H,12H2,1-3H3,(H,22,28)/t13?,14-,17?,20?/m0/s1. The van der Waals surface area contributed by atoms with Crippen molar-refractivity contribution in [1.82, 2.24) is 30.8 Å². The summed E-state index contributed by atoms with van der Waals surface area (Å²) in [5.41, 5.74) is 8.48.